The Balaban J connectivity index is 1.30. The van der Waals surface area contributed by atoms with Gasteiger partial charge in [-0.2, -0.15) is 0 Å². The summed E-state index contributed by atoms with van der Waals surface area (Å²) < 4.78 is 18.5. The van der Waals surface area contributed by atoms with Gasteiger partial charge in [-0.3, -0.25) is 9.59 Å². The molecule has 170 valence electrons. The third-order valence-corrected chi connectivity index (χ3v) is 6.82. The number of amides is 2. The summed E-state index contributed by atoms with van der Waals surface area (Å²) >= 11 is 0. The Hall–Kier alpha value is -3.48. The number of rotatable bonds is 3. The number of carbonyl (C=O) groups excluding carboxylic acids is 2. The molecular weight excluding hydrogens is 423 g/mol. The SMILES string of the molecule is O=C(Cc1ccc(F)cc1)N1CC[C@@H]2[C@H](CCCN2C(=O)c2cc3ccccc3oc2=O)C1. The van der Waals surface area contributed by atoms with Crippen molar-refractivity contribution < 1.29 is 18.4 Å². The summed E-state index contributed by atoms with van der Waals surface area (Å²) in [5.74, 6) is -0.436. The van der Waals surface area contributed by atoms with E-state index in [4.69, 9.17) is 4.42 Å². The van der Waals surface area contributed by atoms with Gasteiger partial charge in [0.1, 0.15) is 17.0 Å². The van der Waals surface area contributed by atoms with Gasteiger partial charge in [0.15, 0.2) is 0 Å². The highest BCUT2D eigenvalue weighted by atomic mass is 19.1. The lowest BCUT2D eigenvalue weighted by Gasteiger charge is -2.47. The maximum Gasteiger partial charge on any atom is 0.349 e. The largest absolute Gasteiger partial charge is 0.422 e. The number of fused-ring (bicyclic) bond motifs is 2. The van der Waals surface area contributed by atoms with Gasteiger partial charge in [0.2, 0.25) is 5.91 Å². The number of hydrogen-bond donors (Lipinski definition) is 0. The van der Waals surface area contributed by atoms with Crippen molar-refractivity contribution in [1.82, 2.24) is 9.80 Å². The Kier molecular flexibility index (Phi) is 5.70. The van der Waals surface area contributed by atoms with Crippen LogP contribution in [0.4, 0.5) is 4.39 Å². The van der Waals surface area contributed by atoms with Gasteiger partial charge in [-0.25, -0.2) is 9.18 Å². The van der Waals surface area contributed by atoms with Gasteiger partial charge in [-0.1, -0.05) is 30.3 Å². The predicted molar refractivity (Wildman–Crippen MR) is 121 cm³/mol. The second kappa shape index (κ2) is 8.81. The van der Waals surface area contributed by atoms with Crippen LogP contribution in [-0.4, -0.2) is 47.3 Å². The summed E-state index contributed by atoms with van der Waals surface area (Å²) in [7, 11) is 0. The molecule has 6 nitrogen and oxygen atoms in total. The lowest BCUT2D eigenvalue weighted by Crippen LogP contribution is -2.57. The molecule has 0 unspecified atom stereocenters. The molecule has 3 heterocycles. The number of halogens is 1. The minimum absolute atomic E-state index is 0.00742. The van der Waals surface area contributed by atoms with Crippen molar-refractivity contribution in [3.05, 3.63) is 82.0 Å². The number of benzene rings is 2. The van der Waals surface area contributed by atoms with Crippen molar-refractivity contribution >= 4 is 22.8 Å². The van der Waals surface area contributed by atoms with Crippen molar-refractivity contribution in [3.8, 4) is 0 Å². The second-order valence-corrected chi connectivity index (χ2v) is 8.89. The average Bonchev–Trinajstić information content (AvgIpc) is 2.84. The normalized spacial score (nSPS) is 20.5. The first-order valence-corrected chi connectivity index (χ1v) is 11.4. The first-order valence-electron chi connectivity index (χ1n) is 11.4. The lowest BCUT2D eigenvalue weighted by molar-refractivity contribution is -0.133. The summed E-state index contributed by atoms with van der Waals surface area (Å²) in [4.78, 5) is 42.4. The molecule has 2 atom stereocenters. The van der Waals surface area contributed by atoms with Gasteiger partial charge in [0, 0.05) is 31.1 Å². The number of hydrogen-bond acceptors (Lipinski definition) is 4. The van der Waals surface area contributed by atoms with Gasteiger partial charge in [-0.15, -0.1) is 0 Å². The Morgan fingerprint density at radius 2 is 1.82 bits per heavy atom. The number of para-hydroxylation sites is 1. The monoisotopic (exact) mass is 448 g/mol. The minimum Gasteiger partial charge on any atom is -0.422 e. The molecule has 2 aliphatic rings. The highest BCUT2D eigenvalue weighted by Crippen LogP contribution is 2.32. The topological polar surface area (TPSA) is 70.8 Å². The van der Waals surface area contributed by atoms with E-state index in [1.165, 1.54) is 12.1 Å². The lowest BCUT2D eigenvalue weighted by atomic mass is 9.83. The number of nitrogens with zero attached hydrogens (tertiary/aromatic N) is 2. The van der Waals surface area contributed by atoms with E-state index in [1.54, 1.807) is 35.2 Å². The fourth-order valence-electron chi connectivity index (χ4n) is 5.14. The van der Waals surface area contributed by atoms with E-state index in [1.807, 2.05) is 17.0 Å². The molecule has 5 rings (SSSR count). The quantitative estimate of drug-likeness (QED) is 0.574. The van der Waals surface area contributed by atoms with Crippen LogP contribution in [0.5, 0.6) is 0 Å². The first kappa shape index (κ1) is 21.4. The fraction of sp³-hybridized carbons (Fsp3) is 0.346. The van der Waals surface area contributed by atoms with Gasteiger partial charge in [0.05, 0.1) is 6.42 Å². The molecule has 2 fully saturated rings. The van der Waals surface area contributed by atoms with Crippen LogP contribution >= 0.6 is 0 Å². The summed E-state index contributed by atoms with van der Waals surface area (Å²) in [6, 6.07) is 14.8. The first-order chi connectivity index (χ1) is 16.0. The Labute approximate surface area is 190 Å². The standard InChI is InChI=1S/C26H25FN2O4/c27-20-9-7-17(8-10-20)14-24(30)28-13-11-22-19(16-28)5-3-12-29(22)25(31)21-15-18-4-1-2-6-23(18)33-26(21)32/h1-2,4,6-10,15,19,22H,3,5,11-14,16H2/t19-,22-/m1/s1. The van der Waals surface area contributed by atoms with Crippen LogP contribution in [0.25, 0.3) is 11.0 Å². The molecule has 2 amide bonds. The van der Waals surface area contributed by atoms with Gasteiger partial charge in [0.25, 0.3) is 5.91 Å². The van der Waals surface area contributed by atoms with E-state index in [0.717, 1.165) is 23.8 Å². The fourth-order valence-corrected chi connectivity index (χ4v) is 5.14. The van der Waals surface area contributed by atoms with Gasteiger partial charge >= 0.3 is 5.63 Å². The molecular formula is C26H25FN2O4. The van der Waals surface area contributed by atoms with Crippen LogP contribution in [0.1, 0.15) is 35.2 Å². The van der Waals surface area contributed by atoms with Crippen molar-refractivity contribution in [3.63, 3.8) is 0 Å². The molecule has 0 N–H and O–H groups in total. The summed E-state index contributed by atoms with van der Waals surface area (Å²) in [6.45, 7) is 1.73. The zero-order valence-electron chi connectivity index (χ0n) is 18.2. The van der Waals surface area contributed by atoms with Crippen molar-refractivity contribution in [2.24, 2.45) is 5.92 Å². The Bertz CT molecular complexity index is 1250. The van der Waals surface area contributed by atoms with Crippen LogP contribution in [0.15, 0.2) is 63.8 Å². The minimum atomic E-state index is -0.618. The summed E-state index contributed by atoms with van der Waals surface area (Å²) in [6.07, 6.45) is 2.66. The molecule has 33 heavy (non-hydrogen) atoms. The molecule has 0 aliphatic carbocycles. The van der Waals surface area contributed by atoms with Crippen molar-refractivity contribution in [1.29, 1.82) is 0 Å². The molecule has 0 saturated carbocycles. The zero-order valence-corrected chi connectivity index (χ0v) is 18.2. The van der Waals surface area contributed by atoms with Gasteiger partial charge < -0.3 is 14.2 Å². The Morgan fingerprint density at radius 3 is 2.64 bits per heavy atom. The third-order valence-electron chi connectivity index (χ3n) is 6.82. The van der Waals surface area contributed by atoms with Crippen LogP contribution in [0.3, 0.4) is 0 Å². The van der Waals surface area contributed by atoms with E-state index in [9.17, 15) is 18.8 Å². The number of carbonyl (C=O) groups is 2. The highest BCUT2D eigenvalue weighted by molar-refractivity contribution is 5.97. The summed E-state index contributed by atoms with van der Waals surface area (Å²) in [5.41, 5.74) is 0.687. The third kappa shape index (κ3) is 4.27. The van der Waals surface area contributed by atoms with Crippen LogP contribution < -0.4 is 5.63 Å². The smallest absolute Gasteiger partial charge is 0.349 e. The maximum absolute atomic E-state index is 13.4. The molecule has 2 aromatic carbocycles. The molecule has 2 saturated heterocycles. The number of likely N-dealkylation sites (tertiary alicyclic amines) is 2. The van der Waals surface area contributed by atoms with Gasteiger partial charge in [-0.05, 0) is 55.0 Å². The van der Waals surface area contributed by atoms with E-state index >= 15 is 0 Å². The molecule has 2 aliphatic heterocycles. The second-order valence-electron chi connectivity index (χ2n) is 8.89. The van der Waals surface area contributed by atoms with E-state index < -0.39 is 5.63 Å². The Morgan fingerprint density at radius 1 is 1.03 bits per heavy atom. The summed E-state index contributed by atoms with van der Waals surface area (Å²) in [5, 5.41) is 0.718. The molecule has 7 heteroatoms. The van der Waals surface area contributed by atoms with Crippen LogP contribution in [-0.2, 0) is 11.2 Å². The average molecular weight is 448 g/mol. The molecule has 0 bridgehead atoms. The van der Waals surface area contributed by atoms with Crippen molar-refractivity contribution in [2.45, 2.75) is 31.7 Å². The molecule has 0 radical (unpaired) electrons. The van der Waals surface area contributed by atoms with Crippen molar-refractivity contribution in [2.75, 3.05) is 19.6 Å². The van der Waals surface area contributed by atoms with E-state index in [-0.39, 0.29) is 41.6 Å². The molecule has 0 spiro atoms. The predicted octanol–water partition coefficient (Wildman–Crippen LogP) is 3.63. The number of piperidine rings is 2. The van der Waals surface area contributed by atoms with Crippen LogP contribution in [0.2, 0.25) is 0 Å². The zero-order chi connectivity index (χ0) is 22.9. The van der Waals surface area contributed by atoms with Crippen LogP contribution in [0, 0.1) is 11.7 Å². The molecule has 1 aromatic heterocycles. The van der Waals surface area contributed by atoms with E-state index in [2.05, 4.69) is 0 Å². The maximum atomic E-state index is 13.4. The van der Waals surface area contributed by atoms with E-state index in [0.29, 0.717) is 31.6 Å². The molecule has 3 aromatic rings. The highest BCUT2D eigenvalue weighted by Gasteiger charge is 2.40.